The lowest BCUT2D eigenvalue weighted by Gasteiger charge is -2.38. The number of aliphatic carboxylic acids is 1. The van der Waals surface area contributed by atoms with Crippen molar-refractivity contribution in [2.75, 3.05) is 13.1 Å². The van der Waals surface area contributed by atoms with Gasteiger partial charge < -0.3 is 14.7 Å². The summed E-state index contributed by atoms with van der Waals surface area (Å²) in [7, 11) is 0. The molecule has 138 valence electrons. The summed E-state index contributed by atoms with van der Waals surface area (Å²) in [5.74, 6) is -0.443. The van der Waals surface area contributed by atoms with Crippen molar-refractivity contribution in [3.8, 4) is 5.75 Å². The molecule has 1 fully saturated rings. The van der Waals surface area contributed by atoms with Crippen LogP contribution in [0.2, 0.25) is 0 Å². The number of amides is 1. The molecule has 0 spiro atoms. The van der Waals surface area contributed by atoms with E-state index in [4.69, 9.17) is 4.74 Å². The van der Waals surface area contributed by atoms with Crippen molar-refractivity contribution in [2.24, 2.45) is 0 Å². The summed E-state index contributed by atoms with van der Waals surface area (Å²) >= 11 is 0. The van der Waals surface area contributed by atoms with E-state index in [1.54, 1.807) is 33.8 Å². The summed E-state index contributed by atoms with van der Waals surface area (Å²) in [6.07, 6.45) is 2.73. The number of carbonyl (C=O) groups is 2. The maximum absolute atomic E-state index is 12.4. The summed E-state index contributed by atoms with van der Waals surface area (Å²) in [6.45, 7) is 3.17. The smallest absolute Gasteiger partial charge is 0.348 e. The standard InChI is InChI=1S/C19H23N3O4/c1-15-7-11-22(20-15)12-8-17(23)21-13-9-19(10-14-21,18(24)25)26-16-5-3-2-4-6-16/h2-7,11H,8-10,12-14H2,1H3,(H,24,25). The van der Waals surface area contributed by atoms with E-state index < -0.39 is 11.6 Å². The molecule has 3 rings (SSSR count). The van der Waals surface area contributed by atoms with Gasteiger partial charge in [-0.1, -0.05) is 18.2 Å². The highest BCUT2D eigenvalue weighted by atomic mass is 16.5. The Morgan fingerprint density at radius 3 is 2.46 bits per heavy atom. The molecule has 1 amide bonds. The highest BCUT2D eigenvalue weighted by Gasteiger charge is 2.44. The van der Waals surface area contributed by atoms with Crippen LogP contribution in [0.3, 0.4) is 0 Å². The van der Waals surface area contributed by atoms with Gasteiger partial charge in [-0.15, -0.1) is 0 Å². The van der Waals surface area contributed by atoms with Crippen molar-refractivity contribution in [1.29, 1.82) is 0 Å². The molecule has 2 aromatic rings. The molecular formula is C19H23N3O4. The first-order chi connectivity index (χ1) is 12.5. The molecule has 0 radical (unpaired) electrons. The number of nitrogens with zero attached hydrogens (tertiary/aromatic N) is 3. The number of aromatic nitrogens is 2. The third-order valence-electron chi connectivity index (χ3n) is 4.70. The molecule has 1 saturated heterocycles. The Labute approximate surface area is 152 Å². The van der Waals surface area contributed by atoms with Crippen LogP contribution in [0, 0.1) is 6.92 Å². The molecular weight excluding hydrogens is 334 g/mol. The predicted octanol–water partition coefficient (Wildman–Crippen LogP) is 2.11. The van der Waals surface area contributed by atoms with Gasteiger partial charge in [0.1, 0.15) is 5.75 Å². The molecule has 2 heterocycles. The number of ether oxygens (including phenoxy) is 1. The number of hydrogen-bond acceptors (Lipinski definition) is 4. The van der Waals surface area contributed by atoms with E-state index in [0.717, 1.165) is 5.69 Å². The topological polar surface area (TPSA) is 84.7 Å². The minimum absolute atomic E-state index is 0.0110. The van der Waals surface area contributed by atoms with Crippen LogP contribution < -0.4 is 4.74 Å². The molecule has 1 aromatic heterocycles. The minimum Gasteiger partial charge on any atom is -0.478 e. The second-order valence-electron chi connectivity index (χ2n) is 6.57. The molecule has 7 heteroatoms. The van der Waals surface area contributed by atoms with Gasteiger partial charge in [-0.2, -0.15) is 5.10 Å². The van der Waals surface area contributed by atoms with Gasteiger partial charge in [0.2, 0.25) is 11.5 Å². The Morgan fingerprint density at radius 1 is 1.19 bits per heavy atom. The van der Waals surface area contributed by atoms with Crippen molar-refractivity contribution in [2.45, 2.75) is 38.3 Å². The van der Waals surface area contributed by atoms with Crippen LogP contribution in [0.4, 0.5) is 0 Å². The van der Waals surface area contributed by atoms with Crippen molar-refractivity contribution < 1.29 is 19.4 Å². The minimum atomic E-state index is -1.28. The quantitative estimate of drug-likeness (QED) is 0.856. The molecule has 0 aliphatic carbocycles. The fraction of sp³-hybridized carbons (Fsp3) is 0.421. The van der Waals surface area contributed by atoms with Crippen molar-refractivity contribution in [3.05, 3.63) is 48.3 Å². The second-order valence-corrected chi connectivity index (χ2v) is 6.57. The van der Waals surface area contributed by atoms with Gasteiger partial charge in [-0.05, 0) is 25.1 Å². The van der Waals surface area contributed by atoms with Gasteiger partial charge in [0.15, 0.2) is 0 Å². The zero-order valence-electron chi connectivity index (χ0n) is 14.8. The van der Waals surface area contributed by atoms with Gasteiger partial charge in [-0.3, -0.25) is 9.48 Å². The third-order valence-corrected chi connectivity index (χ3v) is 4.70. The van der Waals surface area contributed by atoms with E-state index in [2.05, 4.69) is 5.10 Å². The predicted molar refractivity (Wildman–Crippen MR) is 94.8 cm³/mol. The second kappa shape index (κ2) is 7.59. The lowest BCUT2D eigenvalue weighted by molar-refractivity contribution is -0.161. The van der Waals surface area contributed by atoms with Crippen molar-refractivity contribution in [3.63, 3.8) is 0 Å². The number of rotatable bonds is 6. The van der Waals surface area contributed by atoms with E-state index in [1.165, 1.54) is 0 Å². The first-order valence-corrected chi connectivity index (χ1v) is 8.74. The number of aryl methyl sites for hydroxylation is 2. The van der Waals surface area contributed by atoms with Gasteiger partial charge in [0.05, 0.1) is 5.69 Å². The maximum Gasteiger partial charge on any atom is 0.348 e. The van der Waals surface area contributed by atoms with E-state index >= 15 is 0 Å². The lowest BCUT2D eigenvalue weighted by Crippen LogP contribution is -2.54. The molecule has 1 N–H and O–H groups in total. The molecule has 0 atom stereocenters. The average Bonchev–Trinajstić information content (AvgIpc) is 3.06. The van der Waals surface area contributed by atoms with Gasteiger partial charge in [-0.25, -0.2) is 4.79 Å². The zero-order chi connectivity index (χ0) is 18.6. The van der Waals surface area contributed by atoms with E-state index in [-0.39, 0.29) is 18.7 Å². The van der Waals surface area contributed by atoms with Crippen molar-refractivity contribution >= 4 is 11.9 Å². The van der Waals surface area contributed by atoms with Crippen LogP contribution in [0.25, 0.3) is 0 Å². The van der Waals surface area contributed by atoms with Crippen LogP contribution in [-0.4, -0.2) is 50.4 Å². The van der Waals surface area contributed by atoms with Gasteiger partial charge >= 0.3 is 5.97 Å². The number of hydrogen-bond donors (Lipinski definition) is 1. The number of carboxylic acids is 1. The van der Waals surface area contributed by atoms with Crippen LogP contribution in [0.15, 0.2) is 42.6 Å². The van der Waals surface area contributed by atoms with Gasteiger partial charge in [0.25, 0.3) is 0 Å². The lowest BCUT2D eigenvalue weighted by atomic mass is 9.91. The Kier molecular flexibility index (Phi) is 5.25. The molecule has 0 bridgehead atoms. The summed E-state index contributed by atoms with van der Waals surface area (Å²) < 4.78 is 7.56. The Bertz CT molecular complexity index is 764. The first-order valence-electron chi connectivity index (χ1n) is 8.74. The number of likely N-dealkylation sites (tertiary alicyclic amines) is 1. The summed E-state index contributed by atoms with van der Waals surface area (Å²) in [5, 5.41) is 14.0. The third kappa shape index (κ3) is 4.04. The number of piperidine rings is 1. The molecule has 7 nitrogen and oxygen atoms in total. The summed E-state index contributed by atoms with van der Waals surface area (Å²) in [5.41, 5.74) is -0.364. The van der Waals surface area contributed by atoms with E-state index in [1.807, 2.05) is 25.3 Å². The molecule has 1 aliphatic heterocycles. The summed E-state index contributed by atoms with van der Waals surface area (Å²) in [6, 6.07) is 10.8. The Balaban J connectivity index is 1.57. The Morgan fingerprint density at radius 2 is 1.88 bits per heavy atom. The number of para-hydroxylation sites is 1. The summed E-state index contributed by atoms with van der Waals surface area (Å²) in [4.78, 5) is 26.0. The fourth-order valence-electron chi connectivity index (χ4n) is 3.15. The number of carboxylic acid groups (broad SMARTS) is 1. The number of carbonyl (C=O) groups excluding carboxylic acids is 1. The molecule has 26 heavy (non-hydrogen) atoms. The van der Waals surface area contributed by atoms with Gasteiger partial charge in [0, 0.05) is 45.1 Å². The van der Waals surface area contributed by atoms with Crippen LogP contribution in [-0.2, 0) is 16.1 Å². The average molecular weight is 357 g/mol. The van der Waals surface area contributed by atoms with Crippen molar-refractivity contribution in [1.82, 2.24) is 14.7 Å². The molecule has 1 aromatic carbocycles. The molecule has 0 unspecified atom stereocenters. The largest absolute Gasteiger partial charge is 0.478 e. The fourth-order valence-corrected chi connectivity index (χ4v) is 3.15. The van der Waals surface area contributed by atoms with E-state index in [9.17, 15) is 14.7 Å². The highest BCUT2D eigenvalue weighted by Crippen LogP contribution is 2.29. The molecule has 0 saturated carbocycles. The zero-order valence-corrected chi connectivity index (χ0v) is 14.8. The van der Waals surface area contributed by atoms with Crippen LogP contribution in [0.1, 0.15) is 25.0 Å². The maximum atomic E-state index is 12.4. The van der Waals surface area contributed by atoms with Crippen LogP contribution in [0.5, 0.6) is 5.75 Å². The van der Waals surface area contributed by atoms with E-state index in [0.29, 0.717) is 31.8 Å². The first kappa shape index (κ1) is 18.0. The highest BCUT2D eigenvalue weighted by molar-refractivity contribution is 5.80. The Hall–Kier alpha value is -2.83. The monoisotopic (exact) mass is 357 g/mol. The molecule has 1 aliphatic rings. The van der Waals surface area contributed by atoms with Crippen LogP contribution >= 0.6 is 0 Å². The number of benzene rings is 1. The normalized spacial score (nSPS) is 16.3. The SMILES string of the molecule is Cc1ccn(CCC(=O)N2CCC(Oc3ccccc3)(C(=O)O)CC2)n1.